The van der Waals surface area contributed by atoms with Crippen LogP contribution in [0.2, 0.25) is 0 Å². The number of nitrogens with zero attached hydrogens (tertiary/aromatic N) is 1. The summed E-state index contributed by atoms with van der Waals surface area (Å²) >= 11 is 6.50. The van der Waals surface area contributed by atoms with E-state index in [9.17, 15) is 9.90 Å². The lowest BCUT2D eigenvalue weighted by Gasteiger charge is -2.09. The number of rotatable bonds is 5. The molecule has 0 aliphatic heterocycles. The van der Waals surface area contributed by atoms with Crippen LogP contribution in [0.5, 0.6) is 17.2 Å². The van der Waals surface area contributed by atoms with Gasteiger partial charge in [0, 0.05) is 0 Å². The van der Waals surface area contributed by atoms with Crippen LogP contribution in [-0.4, -0.2) is 17.2 Å². The minimum Gasteiger partial charge on any atom is -0.506 e. The molecule has 27 heavy (non-hydrogen) atoms. The van der Waals surface area contributed by atoms with Crippen molar-refractivity contribution in [2.45, 2.75) is 0 Å². The SMILES string of the molecule is O=C(N/N=C/c1cc(Br)c(O)c(Br)c1)c1ccccc1Oc1ccccc1. The van der Waals surface area contributed by atoms with Crippen molar-refractivity contribution in [1.82, 2.24) is 5.43 Å². The molecule has 0 bridgehead atoms. The molecule has 0 spiro atoms. The largest absolute Gasteiger partial charge is 0.506 e. The van der Waals surface area contributed by atoms with E-state index in [1.165, 1.54) is 6.21 Å². The minimum atomic E-state index is -0.394. The molecular weight excluding hydrogens is 476 g/mol. The fourth-order valence-corrected chi connectivity index (χ4v) is 3.47. The Morgan fingerprint density at radius 1 is 1.00 bits per heavy atom. The van der Waals surface area contributed by atoms with Crippen molar-refractivity contribution < 1.29 is 14.6 Å². The maximum atomic E-state index is 12.5. The summed E-state index contributed by atoms with van der Waals surface area (Å²) in [6, 6.07) is 19.5. The maximum absolute atomic E-state index is 12.5. The number of phenolic OH excluding ortho intramolecular Hbond substituents is 1. The fourth-order valence-electron chi connectivity index (χ4n) is 2.24. The summed E-state index contributed by atoms with van der Waals surface area (Å²) in [5.74, 6) is 0.782. The van der Waals surface area contributed by atoms with Gasteiger partial charge < -0.3 is 9.84 Å². The molecular formula is C20H14Br2N2O3. The maximum Gasteiger partial charge on any atom is 0.275 e. The average molecular weight is 490 g/mol. The Morgan fingerprint density at radius 3 is 2.33 bits per heavy atom. The van der Waals surface area contributed by atoms with E-state index in [0.29, 0.717) is 31.6 Å². The third-order valence-electron chi connectivity index (χ3n) is 3.52. The molecule has 0 aliphatic carbocycles. The van der Waals surface area contributed by atoms with Gasteiger partial charge in [0.1, 0.15) is 17.2 Å². The van der Waals surface area contributed by atoms with Crippen LogP contribution in [0.15, 0.2) is 80.8 Å². The highest BCUT2D eigenvalue weighted by Crippen LogP contribution is 2.32. The van der Waals surface area contributed by atoms with Crippen molar-refractivity contribution in [3.63, 3.8) is 0 Å². The predicted octanol–water partition coefficient (Wildman–Crippen LogP) is 5.47. The van der Waals surface area contributed by atoms with Gasteiger partial charge >= 0.3 is 0 Å². The molecule has 0 radical (unpaired) electrons. The van der Waals surface area contributed by atoms with Crippen LogP contribution in [0.25, 0.3) is 0 Å². The molecule has 136 valence electrons. The number of halogens is 2. The Balaban J connectivity index is 1.73. The zero-order chi connectivity index (χ0) is 19.2. The molecule has 0 fully saturated rings. The number of phenols is 1. The smallest absolute Gasteiger partial charge is 0.275 e. The Labute approximate surface area is 172 Å². The van der Waals surface area contributed by atoms with Crippen molar-refractivity contribution in [2.24, 2.45) is 5.10 Å². The quantitative estimate of drug-likeness (QED) is 0.368. The molecule has 3 aromatic rings. The zero-order valence-corrected chi connectivity index (χ0v) is 17.1. The lowest BCUT2D eigenvalue weighted by Crippen LogP contribution is -2.18. The first kappa shape index (κ1) is 19.1. The topological polar surface area (TPSA) is 70.9 Å². The van der Waals surface area contributed by atoms with E-state index in [1.807, 2.05) is 30.3 Å². The molecule has 5 nitrogen and oxygen atoms in total. The molecule has 2 N–H and O–H groups in total. The van der Waals surface area contributed by atoms with E-state index in [1.54, 1.807) is 36.4 Å². The van der Waals surface area contributed by atoms with Crippen molar-refractivity contribution in [1.29, 1.82) is 0 Å². The van der Waals surface area contributed by atoms with Crippen LogP contribution in [0.3, 0.4) is 0 Å². The number of carbonyl (C=O) groups excluding carboxylic acids is 1. The fraction of sp³-hybridized carbons (Fsp3) is 0. The van der Waals surface area contributed by atoms with Crippen molar-refractivity contribution in [2.75, 3.05) is 0 Å². The van der Waals surface area contributed by atoms with Crippen molar-refractivity contribution in [3.8, 4) is 17.2 Å². The molecule has 0 heterocycles. The van der Waals surface area contributed by atoms with Gasteiger partial charge in [-0.3, -0.25) is 4.79 Å². The zero-order valence-electron chi connectivity index (χ0n) is 13.9. The molecule has 3 aromatic carbocycles. The van der Waals surface area contributed by atoms with E-state index < -0.39 is 5.91 Å². The summed E-state index contributed by atoms with van der Waals surface area (Å²) in [5.41, 5.74) is 3.55. The highest BCUT2D eigenvalue weighted by molar-refractivity contribution is 9.11. The van der Waals surface area contributed by atoms with Gasteiger partial charge in [-0.05, 0) is 73.8 Å². The van der Waals surface area contributed by atoms with Gasteiger partial charge in [0.2, 0.25) is 0 Å². The number of nitrogens with one attached hydrogen (secondary N) is 1. The van der Waals surface area contributed by atoms with Crippen LogP contribution in [0, 0.1) is 0 Å². The summed E-state index contributed by atoms with van der Waals surface area (Å²) < 4.78 is 6.83. The first-order valence-electron chi connectivity index (χ1n) is 7.88. The van der Waals surface area contributed by atoms with Gasteiger partial charge in [-0.2, -0.15) is 5.10 Å². The number of hydrazone groups is 1. The van der Waals surface area contributed by atoms with Gasteiger partial charge in [0.15, 0.2) is 0 Å². The second-order valence-corrected chi connectivity index (χ2v) is 7.15. The first-order chi connectivity index (χ1) is 13.0. The molecule has 0 saturated heterocycles. The van der Waals surface area contributed by atoms with Crippen LogP contribution >= 0.6 is 31.9 Å². The molecule has 0 aromatic heterocycles. The van der Waals surface area contributed by atoms with E-state index in [4.69, 9.17) is 4.74 Å². The first-order valence-corrected chi connectivity index (χ1v) is 9.46. The van der Waals surface area contributed by atoms with Gasteiger partial charge in [-0.1, -0.05) is 30.3 Å². The standard InChI is InChI=1S/C20H14Br2N2O3/c21-16-10-13(11-17(22)19(16)25)12-23-24-20(26)15-8-4-5-9-18(15)27-14-6-2-1-3-7-14/h1-12,25H,(H,24,26)/b23-12+. The summed E-state index contributed by atoms with van der Waals surface area (Å²) in [6.07, 6.45) is 1.48. The van der Waals surface area contributed by atoms with Crippen LogP contribution in [0.1, 0.15) is 15.9 Å². The summed E-state index contributed by atoms with van der Waals surface area (Å²) in [6.45, 7) is 0. The molecule has 0 saturated carbocycles. The van der Waals surface area contributed by atoms with E-state index in [0.717, 1.165) is 0 Å². The Hall–Kier alpha value is -2.64. The summed E-state index contributed by atoms with van der Waals surface area (Å²) in [4.78, 5) is 12.5. The Kier molecular flexibility index (Phi) is 6.26. The lowest BCUT2D eigenvalue weighted by molar-refractivity contribution is 0.0953. The number of ether oxygens (including phenoxy) is 1. The van der Waals surface area contributed by atoms with Crippen molar-refractivity contribution >= 4 is 44.0 Å². The highest BCUT2D eigenvalue weighted by Gasteiger charge is 2.12. The van der Waals surface area contributed by atoms with Crippen LogP contribution in [0.4, 0.5) is 0 Å². The molecule has 7 heteroatoms. The molecule has 1 amide bonds. The van der Waals surface area contributed by atoms with Gasteiger partial charge in [0.25, 0.3) is 5.91 Å². The second kappa shape index (κ2) is 8.83. The molecule has 0 atom stereocenters. The normalized spacial score (nSPS) is 10.7. The highest BCUT2D eigenvalue weighted by atomic mass is 79.9. The second-order valence-electron chi connectivity index (χ2n) is 5.44. The molecule has 0 aliphatic rings. The number of benzene rings is 3. The predicted molar refractivity (Wildman–Crippen MR) is 112 cm³/mol. The van der Waals surface area contributed by atoms with Gasteiger partial charge in [0.05, 0.1) is 20.7 Å². The molecule has 0 unspecified atom stereocenters. The monoisotopic (exact) mass is 488 g/mol. The number of hydrogen-bond acceptors (Lipinski definition) is 4. The Bertz CT molecular complexity index is 969. The summed E-state index contributed by atoms with van der Waals surface area (Å²) in [5, 5.41) is 13.7. The number of para-hydroxylation sites is 2. The number of amides is 1. The van der Waals surface area contributed by atoms with E-state index >= 15 is 0 Å². The number of aromatic hydroxyl groups is 1. The van der Waals surface area contributed by atoms with Gasteiger partial charge in [-0.15, -0.1) is 0 Å². The third-order valence-corrected chi connectivity index (χ3v) is 4.73. The van der Waals surface area contributed by atoms with Gasteiger partial charge in [-0.25, -0.2) is 5.43 Å². The average Bonchev–Trinajstić information content (AvgIpc) is 2.67. The van der Waals surface area contributed by atoms with E-state index in [-0.39, 0.29) is 5.75 Å². The third kappa shape index (κ3) is 4.96. The van der Waals surface area contributed by atoms with Crippen molar-refractivity contribution in [3.05, 3.63) is 86.8 Å². The molecule has 3 rings (SSSR count). The summed E-state index contributed by atoms with van der Waals surface area (Å²) in [7, 11) is 0. The minimum absolute atomic E-state index is 0.100. The van der Waals surface area contributed by atoms with Crippen LogP contribution < -0.4 is 10.2 Å². The lowest BCUT2D eigenvalue weighted by atomic mass is 10.2. The Morgan fingerprint density at radius 2 is 1.63 bits per heavy atom. The number of hydrogen-bond donors (Lipinski definition) is 2. The van der Waals surface area contributed by atoms with Crippen LogP contribution in [-0.2, 0) is 0 Å². The number of carbonyl (C=O) groups is 1. The van der Waals surface area contributed by atoms with E-state index in [2.05, 4.69) is 42.4 Å².